The van der Waals surface area contributed by atoms with E-state index in [0.29, 0.717) is 31.6 Å². The minimum absolute atomic E-state index is 0.101. The third-order valence-corrected chi connectivity index (χ3v) is 19.3. The van der Waals surface area contributed by atoms with Gasteiger partial charge in [0.15, 0.2) is 12.2 Å². The van der Waals surface area contributed by atoms with Gasteiger partial charge in [0.25, 0.3) is 0 Å². The van der Waals surface area contributed by atoms with Crippen LogP contribution in [-0.4, -0.2) is 96.7 Å². The summed E-state index contributed by atoms with van der Waals surface area (Å²) in [5.41, 5.74) is 0. The zero-order valence-corrected chi connectivity index (χ0v) is 62.7. The van der Waals surface area contributed by atoms with Gasteiger partial charge in [0.1, 0.15) is 19.3 Å². The van der Waals surface area contributed by atoms with Crippen LogP contribution in [0.1, 0.15) is 370 Å². The Labute approximate surface area is 568 Å². The number of carbonyl (C=O) groups is 4. The SMILES string of the molecule is CCC(C)CCCCCCCCCCCCCCCCCCCCC(=O)O[C@H](COC(=O)CCCCCCCCCCC(C)C)COP(=O)(O)OCC(O)COP(=O)(O)OC[C@@H](COC(=O)CCCCCCCCCCC(C)C)OC(=O)CCCCCCCCC(C)C. The second-order valence-corrected chi connectivity index (χ2v) is 31.3. The maximum absolute atomic E-state index is 13.0. The molecule has 552 valence electrons. The lowest BCUT2D eigenvalue weighted by Gasteiger charge is -2.21. The van der Waals surface area contributed by atoms with Crippen molar-refractivity contribution in [1.82, 2.24) is 0 Å². The van der Waals surface area contributed by atoms with Crippen molar-refractivity contribution >= 4 is 39.5 Å². The molecule has 6 atom stereocenters. The molecule has 17 nitrogen and oxygen atoms in total. The van der Waals surface area contributed by atoms with Crippen LogP contribution in [0.4, 0.5) is 0 Å². The Balaban J connectivity index is 5.15. The van der Waals surface area contributed by atoms with E-state index in [1.165, 1.54) is 173 Å². The van der Waals surface area contributed by atoms with Crippen LogP contribution in [-0.2, 0) is 65.4 Å². The van der Waals surface area contributed by atoms with Crippen molar-refractivity contribution in [3.05, 3.63) is 0 Å². The molecule has 0 aliphatic rings. The monoisotopic (exact) mass is 1370 g/mol. The first kappa shape index (κ1) is 91.1. The van der Waals surface area contributed by atoms with Crippen molar-refractivity contribution in [2.24, 2.45) is 23.7 Å². The zero-order chi connectivity index (χ0) is 68.9. The maximum Gasteiger partial charge on any atom is 0.472 e. The Bertz CT molecular complexity index is 1840. The number of unbranched alkanes of at least 4 members (excludes halogenated alkanes) is 36. The lowest BCUT2D eigenvalue weighted by atomic mass is 9.99. The number of carbonyl (C=O) groups excluding carboxylic acids is 4. The van der Waals surface area contributed by atoms with E-state index in [0.717, 1.165) is 108 Å². The first-order valence-corrected chi connectivity index (χ1v) is 41.2. The number of rotatable bonds is 71. The number of esters is 4. The number of ether oxygens (including phenoxy) is 4. The van der Waals surface area contributed by atoms with Crippen LogP contribution < -0.4 is 0 Å². The Morgan fingerprint density at radius 3 is 0.763 bits per heavy atom. The van der Waals surface area contributed by atoms with E-state index in [1.807, 2.05) is 0 Å². The minimum atomic E-state index is -4.96. The van der Waals surface area contributed by atoms with Gasteiger partial charge in [-0.05, 0) is 49.4 Å². The summed E-state index contributed by atoms with van der Waals surface area (Å²) in [5.74, 6) is 0.862. The molecular weight excluding hydrogens is 1220 g/mol. The van der Waals surface area contributed by atoms with Crippen molar-refractivity contribution in [3.8, 4) is 0 Å². The van der Waals surface area contributed by atoms with Gasteiger partial charge in [0.2, 0.25) is 0 Å². The molecule has 19 heteroatoms. The van der Waals surface area contributed by atoms with E-state index in [4.69, 9.17) is 37.0 Å². The fourth-order valence-corrected chi connectivity index (χ4v) is 12.7. The lowest BCUT2D eigenvalue weighted by molar-refractivity contribution is -0.161. The van der Waals surface area contributed by atoms with E-state index in [-0.39, 0.29) is 25.7 Å². The van der Waals surface area contributed by atoms with Gasteiger partial charge >= 0.3 is 39.5 Å². The number of aliphatic hydroxyl groups is 1. The molecule has 0 aromatic rings. The third-order valence-electron chi connectivity index (χ3n) is 17.4. The van der Waals surface area contributed by atoms with Gasteiger partial charge < -0.3 is 33.8 Å². The minimum Gasteiger partial charge on any atom is -0.462 e. The van der Waals surface area contributed by atoms with Crippen LogP contribution in [0.15, 0.2) is 0 Å². The Hall–Kier alpha value is -1.94. The van der Waals surface area contributed by atoms with Gasteiger partial charge in [0, 0.05) is 25.7 Å². The van der Waals surface area contributed by atoms with Crippen molar-refractivity contribution in [1.29, 1.82) is 0 Å². The van der Waals surface area contributed by atoms with Crippen LogP contribution in [0.5, 0.6) is 0 Å². The Kier molecular flexibility index (Phi) is 62.2. The number of phosphoric acid groups is 2. The first-order valence-electron chi connectivity index (χ1n) is 38.2. The Morgan fingerprint density at radius 1 is 0.301 bits per heavy atom. The largest absolute Gasteiger partial charge is 0.472 e. The second kappa shape index (κ2) is 63.5. The summed E-state index contributed by atoms with van der Waals surface area (Å²) in [7, 11) is -9.91. The fraction of sp³-hybridized carbons (Fsp3) is 0.946. The summed E-state index contributed by atoms with van der Waals surface area (Å²) in [5, 5.41) is 10.6. The number of aliphatic hydroxyl groups excluding tert-OH is 1. The molecule has 3 N–H and O–H groups in total. The molecule has 0 amide bonds. The van der Waals surface area contributed by atoms with Crippen molar-refractivity contribution in [2.75, 3.05) is 39.6 Å². The summed E-state index contributed by atoms with van der Waals surface area (Å²) in [6.45, 7) is 14.1. The highest BCUT2D eigenvalue weighted by atomic mass is 31.2. The summed E-state index contributed by atoms with van der Waals surface area (Å²) < 4.78 is 68.3. The van der Waals surface area contributed by atoms with Crippen LogP contribution in [0.25, 0.3) is 0 Å². The molecule has 0 saturated heterocycles. The molecule has 0 rings (SSSR count). The topological polar surface area (TPSA) is 237 Å². The van der Waals surface area contributed by atoms with E-state index in [9.17, 15) is 43.2 Å². The molecular formula is C74H144O17P2. The second-order valence-electron chi connectivity index (χ2n) is 28.4. The maximum atomic E-state index is 13.0. The Morgan fingerprint density at radius 2 is 0.516 bits per heavy atom. The lowest BCUT2D eigenvalue weighted by Crippen LogP contribution is -2.30. The van der Waals surface area contributed by atoms with Gasteiger partial charge in [-0.15, -0.1) is 0 Å². The average molecular weight is 1370 g/mol. The molecule has 4 unspecified atom stereocenters. The third kappa shape index (κ3) is 67.0. The normalized spacial score (nSPS) is 14.5. The smallest absolute Gasteiger partial charge is 0.462 e. The van der Waals surface area contributed by atoms with Crippen molar-refractivity contribution in [3.63, 3.8) is 0 Å². The van der Waals surface area contributed by atoms with Crippen LogP contribution >= 0.6 is 15.6 Å². The molecule has 0 radical (unpaired) electrons. The van der Waals surface area contributed by atoms with E-state index in [1.54, 1.807) is 0 Å². The van der Waals surface area contributed by atoms with Gasteiger partial charge in [-0.25, -0.2) is 9.13 Å². The summed E-state index contributed by atoms with van der Waals surface area (Å²) in [4.78, 5) is 72.6. The molecule has 0 heterocycles. The van der Waals surface area contributed by atoms with Crippen molar-refractivity contribution < 1.29 is 80.2 Å². The average Bonchev–Trinajstić information content (AvgIpc) is 2.31. The molecule has 0 spiro atoms. The molecule has 0 saturated carbocycles. The van der Waals surface area contributed by atoms with E-state index >= 15 is 0 Å². The molecule has 0 aliphatic carbocycles. The highest BCUT2D eigenvalue weighted by Crippen LogP contribution is 2.45. The quantitative estimate of drug-likeness (QED) is 0.0222. The standard InChI is InChI=1S/C74H144O17P2/c1-9-67(8)53-45-37-28-20-18-16-14-12-10-11-13-15-17-19-21-31-40-48-56-73(78)90-69(60-84-71(76)54-46-38-29-24-22-26-34-42-50-64(2)3)62-88-92(80,81)86-58-68(75)59-87-93(82,83)89-63-70(91-74(79)57-49-41-33-32-36-44-52-66(6)7)61-85-72(77)55-47-39-30-25-23-27-35-43-51-65(4)5/h64-70,75H,9-63H2,1-8H3,(H,80,81)(H,82,83)/t67?,68?,69-,70-/m1/s1. The molecule has 0 bridgehead atoms. The van der Waals surface area contributed by atoms with Crippen LogP contribution in [0.2, 0.25) is 0 Å². The fourth-order valence-electron chi connectivity index (χ4n) is 11.2. The molecule has 0 aliphatic heterocycles. The molecule has 0 aromatic carbocycles. The highest BCUT2D eigenvalue weighted by molar-refractivity contribution is 7.47. The molecule has 0 fully saturated rings. The number of phosphoric ester groups is 2. The highest BCUT2D eigenvalue weighted by Gasteiger charge is 2.30. The van der Waals surface area contributed by atoms with Crippen molar-refractivity contribution in [2.45, 2.75) is 388 Å². The van der Waals surface area contributed by atoms with E-state index in [2.05, 4.69) is 55.4 Å². The van der Waals surface area contributed by atoms with Gasteiger partial charge in [0.05, 0.1) is 26.4 Å². The van der Waals surface area contributed by atoms with Crippen LogP contribution in [0.3, 0.4) is 0 Å². The molecule has 93 heavy (non-hydrogen) atoms. The number of hydrogen-bond acceptors (Lipinski definition) is 15. The zero-order valence-electron chi connectivity index (χ0n) is 60.9. The van der Waals surface area contributed by atoms with E-state index < -0.39 is 97.5 Å². The summed E-state index contributed by atoms with van der Waals surface area (Å²) in [6.07, 6.45) is 47.6. The predicted molar refractivity (Wildman–Crippen MR) is 377 cm³/mol. The van der Waals surface area contributed by atoms with Gasteiger partial charge in [-0.2, -0.15) is 0 Å². The summed E-state index contributed by atoms with van der Waals surface area (Å²) in [6, 6.07) is 0. The number of hydrogen-bond donors (Lipinski definition) is 3. The van der Waals surface area contributed by atoms with Crippen LogP contribution in [0, 0.1) is 23.7 Å². The van der Waals surface area contributed by atoms with Gasteiger partial charge in [-0.1, -0.05) is 319 Å². The molecule has 0 aromatic heterocycles. The summed E-state index contributed by atoms with van der Waals surface area (Å²) >= 11 is 0. The first-order chi connectivity index (χ1) is 44.6. The predicted octanol–water partition coefficient (Wildman–Crippen LogP) is 21.3. The van der Waals surface area contributed by atoms with Gasteiger partial charge in [-0.3, -0.25) is 37.3 Å².